The number of fused-ring (bicyclic) bond motifs is 3. The monoisotopic (exact) mass is 222 g/mol. The van der Waals surface area contributed by atoms with Gasteiger partial charge in [-0.2, -0.15) is 0 Å². The summed E-state index contributed by atoms with van der Waals surface area (Å²) < 4.78 is 5.27. The van der Waals surface area contributed by atoms with E-state index in [2.05, 4.69) is 13.8 Å². The number of carbonyl (C=O) groups excluding carboxylic acids is 1. The molecule has 2 saturated carbocycles. The van der Waals surface area contributed by atoms with Gasteiger partial charge in [0, 0.05) is 0 Å². The second-order valence-corrected chi connectivity index (χ2v) is 5.99. The van der Waals surface area contributed by atoms with E-state index in [1.54, 1.807) is 0 Å². The van der Waals surface area contributed by atoms with Gasteiger partial charge in [-0.1, -0.05) is 26.7 Å². The molecular formula is C14H22O2. The molecule has 2 heteroatoms. The van der Waals surface area contributed by atoms with E-state index in [4.69, 9.17) is 4.74 Å². The third kappa shape index (κ3) is 1.11. The van der Waals surface area contributed by atoms with E-state index in [1.807, 2.05) is 0 Å². The highest BCUT2D eigenvalue weighted by Gasteiger charge is 2.64. The van der Waals surface area contributed by atoms with Crippen molar-refractivity contribution in [1.82, 2.24) is 0 Å². The van der Waals surface area contributed by atoms with Gasteiger partial charge in [0.15, 0.2) is 0 Å². The van der Waals surface area contributed by atoms with Crippen LogP contribution < -0.4 is 0 Å². The second kappa shape index (κ2) is 3.48. The van der Waals surface area contributed by atoms with Crippen LogP contribution in [0.3, 0.4) is 0 Å². The van der Waals surface area contributed by atoms with Crippen LogP contribution in [-0.2, 0) is 9.53 Å². The predicted octanol–water partition coefficient (Wildman–Crippen LogP) is 3.01. The van der Waals surface area contributed by atoms with Gasteiger partial charge in [-0.3, -0.25) is 4.79 Å². The molecule has 2 nitrogen and oxygen atoms in total. The van der Waals surface area contributed by atoms with E-state index < -0.39 is 0 Å². The Hall–Kier alpha value is -0.530. The van der Waals surface area contributed by atoms with E-state index in [9.17, 15) is 4.79 Å². The van der Waals surface area contributed by atoms with Crippen LogP contribution in [0.15, 0.2) is 0 Å². The molecule has 2 bridgehead atoms. The minimum Gasteiger partial charge on any atom is -0.465 e. The van der Waals surface area contributed by atoms with Gasteiger partial charge in [-0.05, 0) is 42.9 Å². The first-order valence-electron chi connectivity index (χ1n) is 6.90. The maximum atomic E-state index is 12.0. The van der Waals surface area contributed by atoms with Gasteiger partial charge >= 0.3 is 5.97 Å². The molecule has 0 aromatic heterocycles. The number of cyclic esters (lactones) is 1. The molecule has 1 aliphatic heterocycles. The van der Waals surface area contributed by atoms with Crippen LogP contribution in [0.2, 0.25) is 0 Å². The van der Waals surface area contributed by atoms with Gasteiger partial charge in [-0.15, -0.1) is 0 Å². The molecule has 5 unspecified atom stereocenters. The first-order chi connectivity index (χ1) is 7.73. The molecule has 2 aliphatic carbocycles. The molecule has 0 radical (unpaired) electrons. The van der Waals surface area contributed by atoms with Crippen molar-refractivity contribution in [3.05, 3.63) is 0 Å². The molecule has 3 aliphatic rings. The van der Waals surface area contributed by atoms with Gasteiger partial charge < -0.3 is 4.74 Å². The fourth-order valence-corrected chi connectivity index (χ4v) is 5.13. The zero-order valence-corrected chi connectivity index (χ0v) is 10.4. The van der Waals surface area contributed by atoms with Crippen molar-refractivity contribution in [2.75, 3.05) is 6.61 Å². The van der Waals surface area contributed by atoms with E-state index in [1.165, 1.54) is 19.3 Å². The third-order valence-corrected chi connectivity index (χ3v) is 5.70. The lowest BCUT2D eigenvalue weighted by Gasteiger charge is -2.39. The molecular weight excluding hydrogens is 200 g/mol. The zero-order chi connectivity index (χ0) is 11.3. The molecule has 3 rings (SSSR count). The van der Waals surface area contributed by atoms with Crippen molar-refractivity contribution in [2.24, 2.45) is 29.1 Å². The summed E-state index contributed by atoms with van der Waals surface area (Å²) in [6, 6.07) is 0. The fourth-order valence-electron chi connectivity index (χ4n) is 5.13. The van der Waals surface area contributed by atoms with E-state index >= 15 is 0 Å². The number of esters is 1. The lowest BCUT2D eigenvalue weighted by Crippen LogP contribution is -2.40. The fraction of sp³-hybridized carbons (Fsp3) is 0.929. The Labute approximate surface area is 97.7 Å². The maximum absolute atomic E-state index is 12.0. The Morgan fingerprint density at radius 1 is 1.31 bits per heavy atom. The number of rotatable bonds is 2. The van der Waals surface area contributed by atoms with Crippen molar-refractivity contribution in [3.8, 4) is 0 Å². The molecule has 3 fully saturated rings. The van der Waals surface area contributed by atoms with Crippen molar-refractivity contribution in [2.45, 2.75) is 46.0 Å². The first-order valence-corrected chi connectivity index (χ1v) is 6.90. The Bertz CT molecular complexity index is 312. The number of ether oxygens (including phenoxy) is 1. The molecule has 1 heterocycles. The summed E-state index contributed by atoms with van der Waals surface area (Å²) >= 11 is 0. The molecule has 5 atom stereocenters. The highest BCUT2D eigenvalue weighted by atomic mass is 16.5. The van der Waals surface area contributed by atoms with Gasteiger partial charge in [0.1, 0.15) is 0 Å². The van der Waals surface area contributed by atoms with E-state index in [0.717, 1.165) is 30.6 Å². The van der Waals surface area contributed by atoms with Crippen LogP contribution in [0.5, 0.6) is 0 Å². The summed E-state index contributed by atoms with van der Waals surface area (Å²) in [4.78, 5) is 12.0. The minimum absolute atomic E-state index is 0.0446. The maximum Gasteiger partial charge on any atom is 0.312 e. The van der Waals surface area contributed by atoms with Gasteiger partial charge in [0.25, 0.3) is 0 Å². The zero-order valence-electron chi connectivity index (χ0n) is 10.4. The average molecular weight is 222 g/mol. The van der Waals surface area contributed by atoms with Crippen molar-refractivity contribution < 1.29 is 9.53 Å². The molecule has 90 valence electrons. The molecule has 16 heavy (non-hydrogen) atoms. The highest BCUT2D eigenvalue weighted by Crippen LogP contribution is 2.65. The highest BCUT2D eigenvalue weighted by molar-refractivity contribution is 5.79. The SMILES string of the molecule is CCC1C2CC(C1CC)C1(CCOC1=O)C2. The number of hydrogen-bond donors (Lipinski definition) is 0. The Morgan fingerprint density at radius 2 is 2.06 bits per heavy atom. The minimum atomic E-state index is -0.0446. The van der Waals surface area contributed by atoms with Crippen molar-refractivity contribution >= 4 is 5.97 Å². The van der Waals surface area contributed by atoms with Gasteiger partial charge in [0.2, 0.25) is 0 Å². The summed E-state index contributed by atoms with van der Waals surface area (Å²) in [7, 11) is 0. The van der Waals surface area contributed by atoms with E-state index in [-0.39, 0.29) is 11.4 Å². The summed E-state index contributed by atoms with van der Waals surface area (Å²) in [5.41, 5.74) is -0.0446. The topological polar surface area (TPSA) is 26.3 Å². The van der Waals surface area contributed by atoms with Crippen LogP contribution in [0, 0.1) is 29.1 Å². The Morgan fingerprint density at radius 3 is 2.62 bits per heavy atom. The summed E-state index contributed by atoms with van der Waals surface area (Å²) in [6.45, 7) is 5.28. The summed E-state index contributed by atoms with van der Waals surface area (Å²) in [5, 5.41) is 0. The van der Waals surface area contributed by atoms with E-state index in [0.29, 0.717) is 12.5 Å². The summed E-state index contributed by atoms with van der Waals surface area (Å²) in [5.74, 6) is 3.25. The van der Waals surface area contributed by atoms with Crippen molar-refractivity contribution in [1.29, 1.82) is 0 Å². The molecule has 0 amide bonds. The molecule has 0 aromatic rings. The average Bonchev–Trinajstić information content (AvgIpc) is 2.92. The second-order valence-electron chi connectivity index (χ2n) is 5.99. The summed E-state index contributed by atoms with van der Waals surface area (Å²) in [6.07, 6.45) is 5.97. The molecule has 1 spiro atoms. The molecule has 0 N–H and O–H groups in total. The molecule has 0 aromatic carbocycles. The quantitative estimate of drug-likeness (QED) is 0.671. The lowest BCUT2D eigenvalue weighted by atomic mass is 9.63. The van der Waals surface area contributed by atoms with Crippen molar-refractivity contribution in [3.63, 3.8) is 0 Å². The predicted molar refractivity (Wildman–Crippen MR) is 61.8 cm³/mol. The van der Waals surface area contributed by atoms with Crippen LogP contribution in [0.4, 0.5) is 0 Å². The number of hydrogen-bond acceptors (Lipinski definition) is 2. The van der Waals surface area contributed by atoms with Crippen LogP contribution in [0.25, 0.3) is 0 Å². The normalized spacial score (nSPS) is 50.2. The van der Waals surface area contributed by atoms with Crippen LogP contribution in [-0.4, -0.2) is 12.6 Å². The largest absolute Gasteiger partial charge is 0.465 e. The molecule has 1 saturated heterocycles. The standard InChI is InChI=1S/C14H22O2/c1-3-10-9-7-12(11(10)4-2)14(8-9)5-6-16-13(14)15/h9-12H,3-8H2,1-2H3. The number of carbonyl (C=O) groups is 1. The first kappa shape index (κ1) is 10.6. The van der Waals surface area contributed by atoms with Crippen LogP contribution >= 0.6 is 0 Å². The Balaban J connectivity index is 1.91. The van der Waals surface area contributed by atoms with Gasteiger partial charge in [0.05, 0.1) is 12.0 Å². The Kier molecular flexibility index (Phi) is 2.31. The van der Waals surface area contributed by atoms with Gasteiger partial charge in [-0.25, -0.2) is 0 Å². The lowest BCUT2D eigenvalue weighted by molar-refractivity contribution is -0.150. The smallest absolute Gasteiger partial charge is 0.312 e. The third-order valence-electron chi connectivity index (χ3n) is 5.70. The van der Waals surface area contributed by atoms with Crippen LogP contribution in [0.1, 0.15) is 46.0 Å².